The first-order valence-electron chi connectivity index (χ1n) is 6.73. The molecule has 2 rings (SSSR count). The van der Waals surface area contributed by atoms with Gasteiger partial charge in [0, 0.05) is 12.6 Å². The Bertz CT molecular complexity index is 171. The van der Waals surface area contributed by atoms with Crippen molar-refractivity contribution < 1.29 is 4.74 Å². The van der Waals surface area contributed by atoms with Gasteiger partial charge in [-0.2, -0.15) is 0 Å². The Kier molecular flexibility index (Phi) is 4.45. The van der Waals surface area contributed by atoms with Crippen molar-refractivity contribution in [1.82, 2.24) is 0 Å². The molecule has 0 spiro atoms. The molecule has 1 aliphatic heterocycles. The molecule has 15 heavy (non-hydrogen) atoms. The Labute approximate surface area is 93.6 Å². The van der Waals surface area contributed by atoms with Crippen LogP contribution in [-0.4, -0.2) is 18.8 Å². The van der Waals surface area contributed by atoms with Gasteiger partial charge in [0.15, 0.2) is 0 Å². The summed E-state index contributed by atoms with van der Waals surface area (Å²) < 4.78 is 5.76. The highest BCUT2D eigenvalue weighted by Gasteiger charge is 2.24. The van der Waals surface area contributed by atoms with E-state index in [1.807, 2.05) is 0 Å². The second kappa shape index (κ2) is 5.86. The van der Waals surface area contributed by atoms with Crippen molar-refractivity contribution in [3.05, 3.63) is 0 Å². The molecule has 88 valence electrons. The zero-order chi connectivity index (χ0) is 10.5. The largest absolute Gasteiger partial charge is 0.378 e. The highest BCUT2D eigenvalue weighted by Crippen LogP contribution is 2.28. The molecule has 2 fully saturated rings. The van der Waals surface area contributed by atoms with Gasteiger partial charge in [-0.3, -0.25) is 0 Å². The third kappa shape index (κ3) is 3.46. The summed E-state index contributed by atoms with van der Waals surface area (Å²) in [6, 6.07) is 0.397. The highest BCUT2D eigenvalue weighted by atomic mass is 16.5. The number of hydrogen-bond donors (Lipinski definition) is 1. The second-order valence-electron chi connectivity index (χ2n) is 5.29. The van der Waals surface area contributed by atoms with E-state index in [4.69, 9.17) is 10.5 Å². The van der Waals surface area contributed by atoms with Crippen LogP contribution < -0.4 is 5.73 Å². The summed E-state index contributed by atoms with van der Waals surface area (Å²) in [5.74, 6) is 0.782. The quantitative estimate of drug-likeness (QED) is 0.779. The van der Waals surface area contributed by atoms with Crippen molar-refractivity contribution in [1.29, 1.82) is 0 Å². The molecule has 2 aliphatic rings. The van der Waals surface area contributed by atoms with Crippen LogP contribution in [0.4, 0.5) is 0 Å². The molecule has 0 radical (unpaired) electrons. The molecule has 2 atom stereocenters. The van der Waals surface area contributed by atoms with Crippen LogP contribution in [0.25, 0.3) is 0 Å². The Balaban J connectivity index is 1.72. The highest BCUT2D eigenvalue weighted by molar-refractivity contribution is 4.80. The number of nitrogens with two attached hydrogens (primary N) is 1. The van der Waals surface area contributed by atoms with Crippen LogP contribution >= 0.6 is 0 Å². The molecule has 1 aliphatic carbocycles. The summed E-state index contributed by atoms with van der Waals surface area (Å²) in [5, 5.41) is 0. The van der Waals surface area contributed by atoms with Gasteiger partial charge < -0.3 is 10.5 Å². The van der Waals surface area contributed by atoms with Crippen molar-refractivity contribution >= 4 is 0 Å². The zero-order valence-electron chi connectivity index (χ0n) is 9.79. The van der Waals surface area contributed by atoms with Crippen LogP contribution in [0.5, 0.6) is 0 Å². The lowest BCUT2D eigenvalue weighted by Crippen LogP contribution is -2.36. The third-order valence-electron chi connectivity index (χ3n) is 4.06. The topological polar surface area (TPSA) is 35.2 Å². The third-order valence-corrected chi connectivity index (χ3v) is 4.06. The SMILES string of the molecule is NC(CC1CCCCO1)C1CCCCC1. The lowest BCUT2D eigenvalue weighted by molar-refractivity contribution is 0.00282. The van der Waals surface area contributed by atoms with E-state index < -0.39 is 0 Å². The molecule has 0 aromatic carbocycles. The van der Waals surface area contributed by atoms with Crippen molar-refractivity contribution in [2.75, 3.05) is 6.61 Å². The Morgan fingerprint density at radius 3 is 2.40 bits per heavy atom. The fourth-order valence-corrected chi connectivity index (χ4v) is 3.05. The lowest BCUT2D eigenvalue weighted by atomic mass is 9.82. The fraction of sp³-hybridized carbons (Fsp3) is 1.00. The molecule has 2 nitrogen and oxygen atoms in total. The van der Waals surface area contributed by atoms with E-state index in [0.717, 1.165) is 18.9 Å². The minimum absolute atomic E-state index is 0.397. The van der Waals surface area contributed by atoms with Gasteiger partial charge in [-0.1, -0.05) is 19.3 Å². The van der Waals surface area contributed by atoms with E-state index in [-0.39, 0.29) is 0 Å². The molecular weight excluding hydrogens is 186 g/mol. The smallest absolute Gasteiger partial charge is 0.0590 e. The van der Waals surface area contributed by atoms with Crippen molar-refractivity contribution in [2.24, 2.45) is 11.7 Å². The average Bonchev–Trinajstić information content (AvgIpc) is 2.31. The number of ether oxygens (including phenoxy) is 1. The molecule has 0 aromatic rings. The van der Waals surface area contributed by atoms with E-state index in [2.05, 4.69) is 0 Å². The summed E-state index contributed by atoms with van der Waals surface area (Å²) in [5.41, 5.74) is 6.30. The first-order chi connectivity index (χ1) is 7.36. The molecule has 1 saturated carbocycles. The Morgan fingerprint density at radius 2 is 1.73 bits per heavy atom. The van der Waals surface area contributed by atoms with Crippen LogP contribution in [0.1, 0.15) is 57.8 Å². The first kappa shape index (κ1) is 11.4. The number of hydrogen-bond acceptors (Lipinski definition) is 2. The van der Waals surface area contributed by atoms with Gasteiger partial charge >= 0.3 is 0 Å². The molecular formula is C13H25NO. The van der Waals surface area contributed by atoms with Crippen LogP contribution in [0.2, 0.25) is 0 Å². The van der Waals surface area contributed by atoms with Crippen LogP contribution in [0.15, 0.2) is 0 Å². The first-order valence-corrected chi connectivity index (χ1v) is 6.73. The van der Waals surface area contributed by atoms with Crippen molar-refractivity contribution in [3.63, 3.8) is 0 Å². The van der Waals surface area contributed by atoms with Gasteiger partial charge in [-0.05, 0) is 44.4 Å². The van der Waals surface area contributed by atoms with Gasteiger partial charge in [0.1, 0.15) is 0 Å². The average molecular weight is 211 g/mol. The molecule has 2 heteroatoms. The summed E-state index contributed by atoms with van der Waals surface area (Å²) in [4.78, 5) is 0. The molecule has 1 saturated heterocycles. The van der Waals surface area contributed by atoms with Crippen LogP contribution in [-0.2, 0) is 4.74 Å². The molecule has 0 bridgehead atoms. The van der Waals surface area contributed by atoms with Gasteiger partial charge in [-0.15, -0.1) is 0 Å². The molecule has 2 unspecified atom stereocenters. The summed E-state index contributed by atoms with van der Waals surface area (Å²) in [6.45, 7) is 0.960. The predicted octanol–water partition coefficient (Wildman–Crippen LogP) is 2.85. The van der Waals surface area contributed by atoms with E-state index in [9.17, 15) is 0 Å². The molecule has 0 aromatic heterocycles. The van der Waals surface area contributed by atoms with Gasteiger partial charge in [-0.25, -0.2) is 0 Å². The van der Waals surface area contributed by atoms with Crippen molar-refractivity contribution in [2.45, 2.75) is 69.9 Å². The second-order valence-corrected chi connectivity index (χ2v) is 5.29. The maximum absolute atomic E-state index is 6.30. The van der Waals surface area contributed by atoms with Crippen molar-refractivity contribution in [3.8, 4) is 0 Å². The Hall–Kier alpha value is -0.0800. The minimum atomic E-state index is 0.397. The van der Waals surface area contributed by atoms with Crippen LogP contribution in [0.3, 0.4) is 0 Å². The lowest BCUT2D eigenvalue weighted by Gasteiger charge is -2.31. The normalized spacial score (nSPS) is 31.4. The number of rotatable bonds is 3. The molecule has 0 amide bonds. The Morgan fingerprint density at radius 1 is 1.00 bits per heavy atom. The van der Waals surface area contributed by atoms with Gasteiger partial charge in [0.05, 0.1) is 6.10 Å². The molecule has 2 N–H and O–H groups in total. The maximum atomic E-state index is 6.30. The van der Waals surface area contributed by atoms with E-state index in [1.54, 1.807) is 0 Å². The van der Waals surface area contributed by atoms with E-state index >= 15 is 0 Å². The monoisotopic (exact) mass is 211 g/mol. The van der Waals surface area contributed by atoms with Gasteiger partial charge in [0.25, 0.3) is 0 Å². The maximum Gasteiger partial charge on any atom is 0.0590 e. The summed E-state index contributed by atoms with van der Waals surface area (Å²) >= 11 is 0. The van der Waals surface area contributed by atoms with Gasteiger partial charge in [0.2, 0.25) is 0 Å². The van der Waals surface area contributed by atoms with E-state index in [1.165, 1.54) is 51.4 Å². The molecule has 1 heterocycles. The zero-order valence-corrected chi connectivity index (χ0v) is 9.79. The summed E-state index contributed by atoms with van der Waals surface area (Å²) in [6.07, 6.45) is 12.3. The van der Waals surface area contributed by atoms with Crippen LogP contribution in [0, 0.1) is 5.92 Å². The predicted molar refractivity (Wildman–Crippen MR) is 62.8 cm³/mol. The minimum Gasteiger partial charge on any atom is -0.378 e. The summed E-state index contributed by atoms with van der Waals surface area (Å²) in [7, 11) is 0. The van der Waals surface area contributed by atoms with E-state index in [0.29, 0.717) is 12.1 Å². The standard InChI is InChI=1S/C13H25NO/c14-13(11-6-2-1-3-7-11)10-12-8-4-5-9-15-12/h11-13H,1-10,14H2. The fourth-order valence-electron chi connectivity index (χ4n) is 3.05.